The third-order valence-corrected chi connectivity index (χ3v) is 6.45. The molecule has 2 heterocycles. The molecule has 13 heteroatoms. The van der Waals surface area contributed by atoms with Gasteiger partial charge >= 0.3 is 12.1 Å². The van der Waals surface area contributed by atoms with Crippen molar-refractivity contribution in [2.45, 2.75) is 30.6 Å². The van der Waals surface area contributed by atoms with Crippen molar-refractivity contribution in [2.75, 3.05) is 20.2 Å². The SMILES string of the molecule is CNC(C(=O)CN)C(=O)OCC1C[C@@H](c2ccc3cc(-c4ccccc4C(F)(F)F)[nH]c(=O)c3c2)C(=O)N1.Cl. The number of Topliss-reactive ketones (excluding diaryl/α,β-unsaturated/α-hetero) is 1. The summed E-state index contributed by atoms with van der Waals surface area (Å²) in [6, 6.07) is 9.45. The minimum absolute atomic E-state index is 0. The lowest BCUT2D eigenvalue weighted by Gasteiger charge is -2.16. The van der Waals surface area contributed by atoms with Crippen LogP contribution < -0.4 is 21.9 Å². The topological polar surface area (TPSA) is 143 Å². The first kappa shape index (κ1) is 29.8. The predicted molar refractivity (Wildman–Crippen MR) is 139 cm³/mol. The average Bonchev–Trinajstić information content (AvgIpc) is 3.27. The van der Waals surface area contributed by atoms with Gasteiger partial charge in [0.1, 0.15) is 6.61 Å². The first-order valence-corrected chi connectivity index (χ1v) is 11.7. The van der Waals surface area contributed by atoms with Crippen LogP contribution in [0, 0.1) is 0 Å². The monoisotopic (exact) mass is 566 g/mol. The maximum absolute atomic E-state index is 13.5. The number of pyridine rings is 1. The van der Waals surface area contributed by atoms with Crippen LogP contribution in [0.4, 0.5) is 13.2 Å². The van der Waals surface area contributed by atoms with E-state index in [9.17, 15) is 32.3 Å². The summed E-state index contributed by atoms with van der Waals surface area (Å²) in [4.78, 5) is 51.9. The fourth-order valence-corrected chi connectivity index (χ4v) is 4.55. The van der Waals surface area contributed by atoms with Gasteiger partial charge in [-0.05, 0) is 42.6 Å². The number of benzene rings is 2. The third kappa shape index (κ3) is 6.29. The molecule has 9 nitrogen and oxygen atoms in total. The van der Waals surface area contributed by atoms with Gasteiger partial charge in [0.25, 0.3) is 5.56 Å². The molecule has 208 valence electrons. The molecule has 0 spiro atoms. The second-order valence-corrected chi connectivity index (χ2v) is 8.92. The summed E-state index contributed by atoms with van der Waals surface area (Å²) in [6.07, 6.45) is -4.33. The van der Waals surface area contributed by atoms with E-state index in [0.29, 0.717) is 10.9 Å². The van der Waals surface area contributed by atoms with Crippen LogP contribution in [-0.2, 0) is 25.3 Å². The van der Waals surface area contributed by atoms with E-state index >= 15 is 0 Å². The number of amides is 1. The molecular weight excluding hydrogens is 541 g/mol. The minimum Gasteiger partial charge on any atom is -0.462 e. The predicted octanol–water partition coefficient (Wildman–Crippen LogP) is 2.27. The quantitative estimate of drug-likeness (QED) is 0.242. The van der Waals surface area contributed by atoms with Crippen LogP contribution in [0.3, 0.4) is 0 Å². The van der Waals surface area contributed by atoms with Crippen molar-refractivity contribution in [2.24, 2.45) is 5.73 Å². The zero-order valence-electron chi connectivity index (χ0n) is 20.6. The van der Waals surface area contributed by atoms with Crippen LogP contribution in [-0.4, -0.2) is 54.9 Å². The molecule has 0 aliphatic carbocycles. The molecule has 1 saturated heterocycles. The molecule has 5 N–H and O–H groups in total. The fourth-order valence-electron chi connectivity index (χ4n) is 4.55. The first-order chi connectivity index (χ1) is 18.0. The van der Waals surface area contributed by atoms with Gasteiger partial charge in [-0.25, -0.2) is 4.79 Å². The number of fused-ring (bicyclic) bond motifs is 1. The Morgan fingerprint density at radius 1 is 1.15 bits per heavy atom. The van der Waals surface area contributed by atoms with Gasteiger partial charge in [0.15, 0.2) is 11.8 Å². The lowest BCUT2D eigenvalue weighted by Crippen LogP contribution is -2.46. The molecular formula is C26H26ClF3N4O5. The summed E-state index contributed by atoms with van der Waals surface area (Å²) in [5.41, 5.74) is 4.24. The van der Waals surface area contributed by atoms with E-state index in [0.717, 1.165) is 6.07 Å². The van der Waals surface area contributed by atoms with Gasteiger partial charge in [-0.15, -0.1) is 12.4 Å². The standard InChI is InChI=1S/C26H25F3N4O5.ClH/c1-31-22(21(34)11-30)25(37)38-12-15-10-18(23(35)32-15)13-6-7-14-9-20(33-24(36)17(14)8-13)16-4-2-3-5-19(16)26(27,28)29;/h2-9,15,18,22,31H,10-12,30H2,1H3,(H,32,35)(H,33,36);1H/t15?,18-,22?;/m0./s1. The summed E-state index contributed by atoms with van der Waals surface area (Å²) in [5, 5.41) is 5.90. The van der Waals surface area contributed by atoms with Crippen LogP contribution in [0.1, 0.15) is 23.5 Å². The average molecular weight is 567 g/mol. The van der Waals surface area contributed by atoms with Gasteiger partial charge < -0.3 is 26.1 Å². The van der Waals surface area contributed by atoms with Crippen molar-refractivity contribution in [1.29, 1.82) is 0 Å². The number of aromatic nitrogens is 1. The number of ketones is 1. The Morgan fingerprint density at radius 2 is 1.87 bits per heavy atom. The lowest BCUT2D eigenvalue weighted by atomic mass is 9.93. The number of nitrogens with one attached hydrogen (secondary N) is 3. The molecule has 0 radical (unpaired) electrons. The summed E-state index contributed by atoms with van der Waals surface area (Å²) in [6.45, 7) is -0.493. The number of alkyl halides is 3. The number of esters is 1. The van der Waals surface area contributed by atoms with E-state index in [2.05, 4.69) is 15.6 Å². The van der Waals surface area contributed by atoms with Crippen LogP contribution in [0.5, 0.6) is 0 Å². The fraction of sp³-hybridized carbons (Fsp3) is 0.308. The maximum atomic E-state index is 13.5. The van der Waals surface area contributed by atoms with Crippen molar-refractivity contribution < 1.29 is 32.3 Å². The molecule has 1 fully saturated rings. The summed E-state index contributed by atoms with van der Waals surface area (Å²) < 4.78 is 45.6. The van der Waals surface area contributed by atoms with Crippen LogP contribution in [0.15, 0.2) is 53.3 Å². The number of likely N-dealkylation sites (N-methyl/N-ethyl adjacent to an activating group) is 1. The second-order valence-electron chi connectivity index (χ2n) is 8.92. The Kier molecular flexibility index (Phi) is 9.15. The van der Waals surface area contributed by atoms with Crippen molar-refractivity contribution >= 4 is 40.8 Å². The van der Waals surface area contributed by atoms with Gasteiger partial charge in [-0.3, -0.25) is 14.4 Å². The molecule has 1 aliphatic heterocycles. The number of hydrogen-bond acceptors (Lipinski definition) is 7. The molecule has 1 amide bonds. The van der Waals surface area contributed by atoms with Gasteiger partial charge in [0.05, 0.1) is 24.1 Å². The normalized spacial score (nSPS) is 17.8. The molecule has 0 bridgehead atoms. The molecule has 3 aromatic rings. The second kappa shape index (κ2) is 12.0. The number of carbonyl (C=O) groups is 3. The van der Waals surface area contributed by atoms with Crippen LogP contribution >= 0.6 is 12.4 Å². The van der Waals surface area contributed by atoms with Crippen LogP contribution in [0.25, 0.3) is 22.0 Å². The van der Waals surface area contributed by atoms with Crippen molar-refractivity contribution in [3.8, 4) is 11.3 Å². The lowest BCUT2D eigenvalue weighted by molar-refractivity contribution is -0.149. The van der Waals surface area contributed by atoms with E-state index in [-0.39, 0.29) is 54.5 Å². The Labute approximate surface area is 226 Å². The van der Waals surface area contributed by atoms with E-state index in [1.165, 1.54) is 37.4 Å². The molecule has 0 saturated carbocycles. The number of ether oxygens (including phenoxy) is 1. The maximum Gasteiger partial charge on any atom is 0.417 e. The number of aromatic amines is 1. The largest absolute Gasteiger partial charge is 0.462 e. The summed E-state index contributed by atoms with van der Waals surface area (Å²) in [5.74, 6) is -2.31. The van der Waals surface area contributed by atoms with E-state index in [4.69, 9.17) is 10.5 Å². The molecule has 39 heavy (non-hydrogen) atoms. The number of rotatable bonds is 8. The first-order valence-electron chi connectivity index (χ1n) is 11.7. The van der Waals surface area contributed by atoms with Crippen molar-refractivity contribution in [3.05, 3.63) is 70.0 Å². The summed E-state index contributed by atoms with van der Waals surface area (Å²) in [7, 11) is 1.42. The van der Waals surface area contributed by atoms with Gasteiger partial charge in [-0.1, -0.05) is 30.3 Å². The highest BCUT2D eigenvalue weighted by atomic mass is 35.5. The molecule has 1 aliphatic rings. The smallest absolute Gasteiger partial charge is 0.417 e. The van der Waals surface area contributed by atoms with Crippen LogP contribution in [0.2, 0.25) is 0 Å². The highest BCUT2D eigenvalue weighted by Gasteiger charge is 2.36. The van der Waals surface area contributed by atoms with Gasteiger partial charge in [0, 0.05) is 16.6 Å². The van der Waals surface area contributed by atoms with E-state index in [1.54, 1.807) is 12.1 Å². The summed E-state index contributed by atoms with van der Waals surface area (Å²) >= 11 is 0. The number of hydrogen-bond donors (Lipinski definition) is 4. The molecule has 3 atom stereocenters. The van der Waals surface area contributed by atoms with E-state index < -0.39 is 47.1 Å². The molecule has 4 rings (SSSR count). The van der Waals surface area contributed by atoms with Crippen molar-refractivity contribution in [1.82, 2.24) is 15.6 Å². The highest BCUT2D eigenvalue weighted by molar-refractivity contribution is 6.04. The Bertz CT molecular complexity index is 1460. The minimum atomic E-state index is -4.60. The number of halogens is 4. The zero-order chi connectivity index (χ0) is 27.6. The Morgan fingerprint density at radius 3 is 2.54 bits per heavy atom. The van der Waals surface area contributed by atoms with Gasteiger partial charge in [0.2, 0.25) is 5.91 Å². The zero-order valence-corrected chi connectivity index (χ0v) is 21.4. The number of H-pyrrole nitrogens is 1. The van der Waals surface area contributed by atoms with E-state index in [1.807, 2.05) is 0 Å². The Hall–Kier alpha value is -3.74. The highest BCUT2D eigenvalue weighted by Crippen LogP contribution is 2.37. The molecule has 1 aromatic heterocycles. The number of carbonyl (C=O) groups excluding carboxylic acids is 3. The molecule has 2 unspecified atom stereocenters. The molecule has 2 aromatic carbocycles. The number of nitrogens with two attached hydrogens (primary N) is 1. The third-order valence-electron chi connectivity index (χ3n) is 6.45. The van der Waals surface area contributed by atoms with Crippen molar-refractivity contribution in [3.63, 3.8) is 0 Å². The Balaban J connectivity index is 0.00000420. The van der Waals surface area contributed by atoms with Gasteiger partial charge in [-0.2, -0.15) is 13.2 Å².